The van der Waals surface area contributed by atoms with Crippen molar-refractivity contribution in [2.45, 2.75) is 45.4 Å². The Morgan fingerprint density at radius 3 is 3.00 bits per heavy atom. The first-order chi connectivity index (χ1) is 5.86. The maximum Gasteiger partial charge on any atom is 0.123 e. The molecule has 12 heavy (non-hydrogen) atoms. The van der Waals surface area contributed by atoms with Crippen molar-refractivity contribution in [2.75, 3.05) is 0 Å². The molecule has 0 spiro atoms. The van der Waals surface area contributed by atoms with E-state index in [0.29, 0.717) is 5.92 Å². The molecule has 0 fully saturated rings. The van der Waals surface area contributed by atoms with Crippen LogP contribution in [0.5, 0.6) is 0 Å². The molecule has 1 aliphatic rings. The van der Waals surface area contributed by atoms with E-state index in [2.05, 4.69) is 13.0 Å². The van der Waals surface area contributed by atoms with E-state index in [-0.39, 0.29) is 0 Å². The molecule has 0 N–H and O–H groups in total. The standard InChI is InChI=1S/C11H18O/c1-2-3-4-10-5-7-11(9-12)8-6-10/h5,9,11H,2-4,6-8H2,1H3. The zero-order valence-electron chi connectivity index (χ0n) is 7.88. The molecule has 1 aliphatic carbocycles. The number of carbonyl (C=O) groups is 1. The SMILES string of the molecule is CCCCC1=CCC(C=O)CC1. The van der Waals surface area contributed by atoms with Gasteiger partial charge in [-0.25, -0.2) is 0 Å². The second-order valence-corrected chi connectivity index (χ2v) is 3.64. The smallest absolute Gasteiger partial charge is 0.123 e. The fourth-order valence-corrected chi connectivity index (χ4v) is 1.66. The molecule has 0 radical (unpaired) electrons. The number of aldehydes is 1. The van der Waals surface area contributed by atoms with Crippen LogP contribution >= 0.6 is 0 Å². The van der Waals surface area contributed by atoms with E-state index in [9.17, 15) is 4.79 Å². The summed E-state index contributed by atoms with van der Waals surface area (Å²) in [4.78, 5) is 10.5. The lowest BCUT2D eigenvalue weighted by atomic mass is 9.88. The monoisotopic (exact) mass is 166 g/mol. The maximum atomic E-state index is 10.5. The highest BCUT2D eigenvalue weighted by atomic mass is 16.1. The minimum absolute atomic E-state index is 0.315. The van der Waals surface area contributed by atoms with Crippen LogP contribution in [0.15, 0.2) is 11.6 Å². The third-order valence-electron chi connectivity index (χ3n) is 2.59. The van der Waals surface area contributed by atoms with Crippen molar-refractivity contribution in [1.82, 2.24) is 0 Å². The molecule has 0 amide bonds. The third-order valence-corrected chi connectivity index (χ3v) is 2.59. The van der Waals surface area contributed by atoms with Crippen molar-refractivity contribution >= 4 is 6.29 Å². The zero-order valence-corrected chi connectivity index (χ0v) is 7.88. The first kappa shape index (κ1) is 9.50. The van der Waals surface area contributed by atoms with Gasteiger partial charge in [-0.3, -0.25) is 0 Å². The lowest BCUT2D eigenvalue weighted by Gasteiger charge is -2.16. The summed E-state index contributed by atoms with van der Waals surface area (Å²) in [7, 11) is 0. The lowest BCUT2D eigenvalue weighted by molar-refractivity contribution is -0.111. The highest BCUT2D eigenvalue weighted by Gasteiger charge is 2.12. The number of unbranched alkanes of at least 4 members (excludes halogenated alkanes) is 1. The zero-order chi connectivity index (χ0) is 8.81. The number of allylic oxidation sites excluding steroid dienone is 2. The molecule has 0 aliphatic heterocycles. The minimum atomic E-state index is 0.315. The summed E-state index contributed by atoms with van der Waals surface area (Å²) in [5.41, 5.74) is 1.58. The Bertz CT molecular complexity index is 170. The van der Waals surface area contributed by atoms with Gasteiger partial charge in [0.05, 0.1) is 0 Å². The molecule has 68 valence electrons. The van der Waals surface area contributed by atoms with Gasteiger partial charge in [0.25, 0.3) is 0 Å². The van der Waals surface area contributed by atoms with E-state index >= 15 is 0 Å². The van der Waals surface area contributed by atoms with Crippen molar-refractivity contribution in [3.8, 4) is 0 Å². The summed E-state index contributed by atoms with van der Waals surface area (Å²) in [6.07, 6.45) is 10.4. The minimum Gasteiger partial charge on any atom is -0.303 e. The number of hydrogen-bond donors (Lipinski definition) is 0. The van der Waals surface area contributed by atoms with E-state index < -0.39 is 0 Å². The summed E-state index contributed by atoms with van der Waals surface area (Å²) in [6, 6.07) is 0. The molecule has 1 atom stereocenters. The van der Waals surface area contributed by atoms with Gasteiger partial charge in [0.15, 0.2) is 0 Å². The normalized spacial score (nSPS) is 23.4. The first-order valence-corrected chi connectivity index (χ1v) is 5.00. The fourth-order valence-electron chi connectivity index (χ4n) is 1.66. The van der Waals surface area contributed by atoms with E-state index in [1.54, 1.807) is 5.57 Å². The second kappa shape index (κ2) is 5.13. The topological polar surface area (TPSA) is 17.1 Å². The van der Waals surface area contributed by atoms with Gasteiger partial charge in [-0.05, 0) is 32.1 Å². The molecule has 0 aromatic carbocycles. The van der Waals surface area contributed by atoms with Crippen LogP contribution in [0, 0.1) is 5.92 Å². The summed E-state index contributed by atoms with van der Waals surface area (Å²) >= 11 is 0. The number of hydrogen-bond acceptors (Lipinski definition) is 1. The van der Waals surface area contributed by atoms with Crippen molar-refractivity contribution in [3.05, 3.63) is 11.6 Å². The second-order valence-electron chi connectivity index (χ2n) is 3.64. The molecule has 0 aromatic heterocycles. The molecular weight excluding hydrogens is 148 g/mol. The lowest BCUT2D eigenvalue weighted by Crippen LogP contribution is -2.06. The van der Waals surface area contributed by atoms with Crippen LogP contribution in [0.3, 0.4) is 0 Å². The van der Waals surface area contributed by atoms with Gasteiger partial charge >= 0.3 is 0 Å². The van der Waals surface area contributed by atoms with Crippen LogP contribution in [0.2, 0.25) is 0 Å². The van der Waals surface area contributed by atoms with Gasteiger partial charge in [0, 0.05) is 5.92 Å². The molecule has 1 heteroatoms. The van der Waals surface area contributed by atoms with E-state index in [1.165, 1.54) is 19.3 Å². The highest BCUT2D eigenvalue weighted by Crippen LogP contribution is 2.25. The van der Waals surface area contributed by atoms with E-state index in [0.717, 1.165) is 25.5 Å². The van der Waals surface area contributed by atoms with Crippen LogP contribution in [0.25, 0.3) is 0 Å². The number of carbonyl (C=O) groups excluding carboxylic acids is 1. The largest absolute Gasteiger partial charge is 0.303 e. The van der Waals surface area contributed by atoms with Crippen LogP contribution in [-0.2, 0) is 4.79 Å². The summed E-state index contributed by atoms with van der Waals surface area (Å²) in [5.74, 6) is 0.315. The molecule has 1 nitrogen and oxygen atoms in total. The van der Waals surface area contributed by atoms with Gasteiger partial charge < -0.3 is 4.79 Å². The average molecular weight is 166 g/mol. The van der Waals surface area contributed by atoms with Gasteiger partial charge in [-0.1, -0.05) is 25.0 Å². The Hall–Kier alpha value is -0.590. The Kier molecular flexibility index (Phi) is 4.06. The quantitative estimate of drug-likeness (QED) is 0.463. The van der Waals surface area contributed by atoms with Gasteiger partial charge in [-0.15, -0.1) is 0 Å². The van der Waals surface area contributed by atoms with Gasteiger partial charge in [0.2, 0.25) is 0 Å². The predicted molar refractivity (Wildman–Crippen MR) is 51.0 cm³/mol. The molecule has 0 heterocycles. The Balaban J connectivity index is 2.29. The van der Waals surface area contributed by atoms with E-state index in [4.69, 9.17) is 0 Å². The van der Waals surface area contributed by atoms with Gasteiger partial charge in [-0.2, -0.15) is 0 Å². The first-order valence-electron chi connectivity index (χ1n) is 5.00. The molecule has 0 saturated heterocycles. The molecule has 1 rings (SSSR count). The molecule has 1 unspecified atom stereocenters. The van der Waals surface area contributed by atoms with Crippen molar-refractivity contribution < 1.29 is 4.79 Å². The fraction of sp³-hybridized carbons (Fsp3) is 0.727. The van der Waals surface area contributed by atoms with Gasteiger partial charge in [0.1, 0.15) is 6.29 Å². The van der Waals surface area contributed by atoms with Crippen LogP contribution in [-0.4, -0.2) is 6.29 Å². The third kappa shape index (κ3) is 2.80. The van der Waals surface area contributed by atoms with Crippen LogP contribution < -0.4 is 0 Å². The number of rotatable bonds is 4. The Morgan fingerprint density at radius 1 is 1.67 bits per heavy atom. The van der Waals surface area contributed by atoms with Crippen molar-refractivity contribution in [3.63, 3.8) is 0 Å². The summed E-state index contributed by atoms with van der Waals surface area (Å²) in [5, 5.41) is 0. The van der Waals surface area contributed by atoms with E-state index in [1.807, 2.05) is 0 Å². The van der Waals surface area contributed by atoms with Crippen molar-refractivity contribution in [1.29, 1.82) is 0 Å². The molecule has 0 aromatic rings. The summed E-state index contributed by atoms with van der Waals surface area (Å²) < 4.78 is 0. The molecule has 0 bridgehead atoms. The average Bonchev–Trinajstić information content (AvgIpc) is 2.15. The summed E-state index contributed by atoms with van der Waals surface area (Å²) in [6.45, 7) is 2.22. The molecular formula is C11H18O. The van der Waals surface area contributed by atoms with Crippen LogP contribution in [0.4, 0.5) is 0 Å². The highest BCUT2D eigenvalue weighted by molar-refractivity contribution is 5.54. The maximum absolute atomic E-state index is 10.5. The van der Waals surface area contributed by atoms with Crippen LogP contribution in [0.1, 0.15) is 45.4 Å². The predicted octanol–water partition coefficient (Wildman–Crippen LogP) is 3.10. The van der Waals surface area contributed by atoms with Crippen molar-refractivity contribution in [2.24, 2.45) is 5.92 Å². The Labute approximate surface area is 74.9 Å². The molecule has 0 saturated carbocycles. The Morgan fingerprint density at radius 2 is 2.50 bits per heavy atom.